The lowest BCUT2D eigenvalue weighted by molar-refractivity contribution is -0.384. The van der Waals surface area contributed by atoms with Gasteiger partial charge in [-0.15, -0.1) is 0 Å². The highest BCUT2D eigenvalue weighted by atomic mass is 16.7. The number of nitro benzene ring substituents is 1. The van der Waals surface area contributed by atoms with Crippen LogP contribution in [0.2, 0.25) is 0 Å². The van der Waals surface area contributed by atoms with Crippen LogP contribution >= 0.6 is 0 Å². The summed E-state index contributed by atoms with van der Waals surface area (Å²) in [4.78, 5) is 10.2. The molecule has 1 aliphatic rings. The summed E-state index contributed by atoms with van der Waals surface area (Å²) < 4.78 is 11.7. The van der Waals surface area contributed by atoms with Crippen molar-refractivity contribution in [3.63, 3.8) is 0 Å². The van der Waals surface area contributed by atoms with E-state index >= 15 is 0 Å². The standard InChI is InChI=1S/C14H18BNO4/c1-13(2)14(3,4)20-15(19-13)10-9-11-5-7-12(8-6-11)16(17)18/h5-10H,1-4H3. The van der Waals surface area contributed by atoms with Crippen molar-refractivity contribution in [2.45, 2.75) is 38.9 Å². The van der Waals surface area contributed by atoms with Crippen molar-refractivity contribution in [2.75, 3.05) is 0 Å². The van der Waals surface area contributed by atoms with Gasteiger partial charge in [0.25, 0.3) is 5.69 Å². The third kappa shape index (κ3) is 2.91. The zero-order valence-corrected chi connectivity index (χ0v) is 12.1. The van der Waals surface area contributed by atoms with E-state index in [1.807, 2.05) is 39.7 Å². The number of hydrogen-bond acceptors (Lipinski definition) is 4. The van der Waals surface area contributed by atoms with Crippen molar-refractivity contribution in [1.82, 2.24) is 0 Å². The maximum atomic E-state index is 10.6. The second-order valence-electron chi connectivity index (χ2n) is 5.83. The van der Waals surface area contributed by atoms with Gasteiger partial charge >= 0.3 is 7.12 Å². The highest BCUT2D eigenvalue weighted by Crippen LogP contribution is 2.37. The topological polar surface area (TPSA) is 61.6 Å². The molecule has 0 saturated carbocycles. The molecule has 5 nitrogen and oxygen atoms in total. The van der Waals surface area contributed by atoms with Crippen LogP contribution in [0.1, 0.15) is 33.3 Å². The summed E-state index contributed by atoms with van der Waals surface area (Å²) in [5.74, 6) is 1.82. The van der Waals surface area contributed by atoms with Gasteiger partial charge in [0.1, 0.15) is 0 Å². The van der Waals surface area contributed by atoms with Gasteiger partial charge in [-0.1, -0.05) is 12.1 Å². The Labute approximate surface area is 118 Å². The predicted octanol–water partition coefficient (Wildman–Crippen LogP) is 3.24. The van der Waals surface area contributed by atoms with Crippen LogP contribution in [-0.2, 0) is 9.31 Å². The summed E-state index contributed by atoms with van der Waals surface area (Å²) in [5, 5.41) is 10.6. The summed E-state index contributed by atoms with van der Waals surface area (Å²) in [6.45, 7) is 7.97. The first kappa shape index (κ1) is 14.7. The minimum absolute atomic E-state index is 0.0813. The largest absolute Gasteiger partial charge is 0.487 e. The van der Waals surface area contributed by atoms with Gasteiger partial charge in [0.05, 0.1) is 16.1 Å². The van der Waals surface area contributed by atoms with E-state index in [0.29, 0.717) is 0 Å². The summed E-state index contributed by atoms with van der Waals surface area (Å²) in [6.07, 6.45) is 1.84. The molecular weight excluding hydrogens is 257 g/mol. The average molecular weight is 275 g/mol. The number of benzene rings is 1. The van der Waals surface area contributed by atoms with Gasteiger partial charge in [0, 0.05) is 12.1 Å². The van der Waals surface area contributed by atoms with E-state index in [1.165, 1.54) is 12.1 Å². The van der Waals surface area contributed by atoms with Crippen LogP contribution in [0, 0.1) is 10.1 Å². The smallest absolute Gasteiger partial charge is 0.400 e. The van der Waals surface area contributed by atoms with Crippen molar-refractivity contribution < 1.29 is 14.2 Å². The Bertz CT molecular complexity index is 521. The van der Waals surface area contributed by atoms with E-state index in [1.54, 1.807) is 12.1 Å². The number of nitro groups is 1. The van der Waals surface area contributed by atoms with Crippen LogP contribution in [0.5, 0.6) is 0 Å². The maximum Gasteiger partial charge on any atom is 0.487 e. The molecule has 0 bridgehead atoms. The van der Waals surface area contributed by atoms with Crippen molar-refractivity contribution in [1.29, 1.82) is 0 Å². The molecule has 0 amide bonds. The molecule has 0 aromatic heterocycles. The van der Waals surface area contributed by atoms with E-state index in [0.717, 1.165) is 5.56 Å². The molecule has 0 spiro atoms. The van der Waals surface area contributed by atoms with Crippen LogP contribution in [0.3, 0.4) is 0 Å². The van der Waals surface area contributed by atoms with Crippen LogP contribution in [0.4, 0.5) is 5.69 Å². The lowest BCUT2D eigenvalue weighted by atomic mass is 9.89. The third-order valence-corrected chi connectivity index (χ3v) is 3.82. The van der Waals surface area contributed by atoms with Gasteiger partial charge in [-0.3, -0.25) is 10.1 Å². The molecule has 0 aliphatic carbocycles. The van der Waals surface area contributed by atoms with Crippen LogP contribution in [0.25, 0.3) is 6.08 Å². The molecule has 1 aromatic rings. The van der Waals surface area contributed by atoms with Crippen molar-refractivity contribution >= 4 is 18.9 Å². The predicted molar refractivity (Wildman–Crippen MR) is 78.2 cm³/mol. The van der Waals surface area contributed by atoms with E-state index in [2.05, 4.69) is 0 Å². The van der Waals surface area contributed by atoms with E-state index in [-0.39, 0.29) is 16.9 Å². The van der Waals surface area contributed by atoms with E-state index in [4.69, 9.17) is 9.31 Å². The number of hydrogen-bond donors (Lipinski definition) is 0. The van der Waals surface area contributed by atoms with Gasteiger partial charge in [0.2, 0.25) is 0 Å². The lowest BCUT2D eigenvalue weighted by Gasteiger charge is -2.32. The second-order valence-corrected chi connectivity index (χ2v) is 5.83. The van der Waals surface area contributed by atoms with E-state index < -0.39 is 12.0 Å². The Morgan fingerprint density at radius 2 is 1.60 bits per heavy atom. The number of nitrogens with zero attached hydrogens (tertiary/aromatic N) is 1. The fourth-order valence-corrected chi connectivity index (χ4v) is 1.86. The molecular formula is C14H18BNO4. The molecule has 20 heavy (non-hydrogen) atoms. The van der Waals surface area contributed by atoms with Crippen molar-refractivity contribution in [2.24, 2.45) is 0 Å². The molecule has 0 radical (unpaired) electrons. The average Bonchev–Trinajstić information content (AvgIpc) is 2.56. The van der Waals surface area contributed by atoms with Gasteiger partial charge in [-0.25, -0.2) is 0 Å². The highest BCUT2D eigenvalue weighted by molar-refractivity contribution is 6.52. The fraction of sp³-hybridized carbons (Fsp3) is 0.429. The maximum absolute atomic E-state index is 10.6. The zero-order valence-electron chi connectivity index (χ0n) is 12.1. The summed E-state index contributed by atoms with van der Waals surface area (Å²) in [6, 6.07) is 6.34. The number of rotatable bonds is 3. The summed E-state index contributed by atoms with van der Waals surface area (Å²) in [7, 11) is -0.407. The third-order valence-electron chi connectivity index (χ3n) is 3.82. The molecule has 106 valence electrons. The Morgan fingerprint density at radius 1 is 1.10 bits per heavy atom. The SMILES string of the molecule is CC1(C)OB(C=Cc2ccc([N+](=O)[O-])cc2)OC1(C)C. The minimum atomic E-state index is -0.415. The number of non-ortho nitro benzene ring substituents is 1. The quantitative estimate of drug-likeness (QED) is 0.482. The van der Waals surface area contributed by atoms with E-state index in [9.17, 15) is 10.1 Å². The van der Waals surface area contributed by atoms with Gasteiger partial charge in [-0.2, -0.15) is 0 Å². The van der Waals surface area contributed by atoms with Gasteiger partial charge < -0.3 is 9.31 Å². The zero-order chi connectivity index (χ0) is 15.0. The fourth-order valence-electron chi connectivity index (χ4n) is 1.86. The summed E-state index contributed by atoms with van der Waals surface area (Å²) >= 11 is 0. The van der Waals surface area contributed by atoms with Gasteiger partial charge in [0.15, 0.2) is 0 Å². The molecule has 0 atom stereocenters. The van der Waals surface area contributed by atoms with Crippen molar-refractivity contribution in [3.8, 4) is 0 Å². The monoisotopic (exact) mass is 275 g/mol. The first-order chi connectivity index (χ1) is 9.21. The molecule has 1 fully saturated rings. The molecule has 1 heterocycles. The normalized spacial score (nSPS) is 20.5. The molecule has 2 rings (SSSR count). The Balaban J connectivity index is 2.06. The Hall–Kier alpha value is -1.66. The Kier molecular flexibility index (Phi) is 3.71. The second kappa shape index (κ2) is 5.03. The molecule has 1 aromatic carbocycles. The van der Waals surface area contributed by atoms with Gasteiger partial charge in [-0.05, 0) is 45.4 Å². The highest BCUT2D eigenvalue weighted by Gasteiger charge is 2.49. The Morgan fingerprint density at radius 3 is 2.05 bits per heavy atom. The molecule has 0 unspecified atom stereocenters. The summed E-state index contributed by atoms with van der Waals surface area (Å²) in [5.41, 5.74) is 0.220. The first-order valence-corrected chi connectivity index (χ1v) is 6.50. The first-order valence-electron chi connectivity index (χ1n) is 6.50. The van der Waals surface area contributed by atoms with Crippen LogP contribution in [-0.4, -0.2) is 23.2 Å². The van der Waals surface area contributed by atoms with Crippen molar-refractivity contribution in [3.05, 3.63) is 45.9 Å². The van der Waals surface area contributed by atoms with Crippen LogP contribution < -0.4 is 0 Å². The van der Waals surface area contributed by atoms with Crippen LogP contribution in [0.15, 0.2) is 30.2 Å². The molecule has 1 aliphatic heterocycles. The lowest BCUT2D eigenvalue weighted by Crippen LogP contribution is -2.41. The molecule has 1 saturated heterocycles. The molecule has 6 heteroatoms. The molecule has 0 N–H and O–H groups in total. The minimum Gasteiger partial charge on any atom is -0.400 e.